The molecule has 16 heavy (non-hydrogen) atoms. The van der Waals surface area contributed by atoms with Crippen molar-refractivity contribution >= 4 is 11.4 Å². The summed E-state index contributed by atoms with van der Waals surface area (Å²) < 4.78 is 0. The summed E-state index contributed by atoms with van der Waals surface area (Å²) in [5.41, 5.74) is 3.70. The molecule has 0 aliphatic carbocycles. The summed E-state index contributed by atoms with van der Waals surface area (Å²) in [5, 5.41) is 12.2. The van der Waals surface area contributed by atoms with Crippen molar-refractivity contribution in [3.63, 3.8) is 0 Å². The smallest absolute Gasteiger partial charge is 0.101 e. The lowest BCUT2D eigenvalue weighted by molar-refractivity contribution is 1.41. The van der Waals surface area contributed by atoms with Crippen LogP contribution in [-0.4, -0.2) is 0 Å². The van der Waals surface area contributed by atoms with Gasteiger partial charge in [0, 0.05) is 5.69 Å². The molecule has 0 fully saturated rings. The van der Waals surface area contributed by atoms with Crippen LogP contribution in [0.25, 0.3) is 0 Å². The molecule has 0 bridgehead atoms. The third kappa shape index (κ3) is 2.04. The molecular weight excluding hydrogens is 196 g/mol. The van der Waals surface area contributed by atoms with Gasteiger partial charge in [0.05, 0.1) is 11.3 Å². The molecule has 0 atom stereocenters. The molecule has 0 aliphatic heterocycles. The minimum atomic E-state index is 0.658. The fraction of sp³-hybridized carbons (Fsp3) is 0.0714. The van der Waals surface area contributed by atoms with E-state index in [0.29, 0.717) is 5.56 Å². The fourth-order valence-corrected chi connectivity index (χ4v) is 1.55. The highest BCUT2D eigenvalue weighted by molar-refractivity contribution is 5.68. The first-order valence-electron chi connectivity index (χ1n) is 5.13. The van der Waals surface area contributed by atoms with Crippen LogP contribution in [0.3, 0.4) is 0 Å². The van der Waals surface area contributed by atoms with Crippen molar-refractivity contribution in [1.29, 1.82) is 5.26 Å². The van der Waals surface area contributed by atoms with Crippen LogP contribution in [0, 0.1) is 18.3 Å². The second kappa shape index (κ2) is 4.50. The molecule has 0 aromatic heterocycles. The summed E-state index contributed by atoms with van der Waals surface area (Å²) >= 11 is 0. The standard InChI is InChI=1S/C14H12N2/c1-11-6-2-4-8-13(11)16-14-9-5-3-7-12(14)10-15/h2-9,16H,1H3. The molecule has 0 radical (unpaired) electrons. The fourth-order valence-electron chi connectivity index (χ4n) is 1.55. The van der Waals surface area contributed by atoms with Gasteiger partial charge in [-0.3, -0.25) is 0 Å². The highest BCUT2D eigenvalue weighted by Gasteiger charge is 2.02. The van der Waals surface area contributed by atoms with E-state index >= 15 is 0 Å². The molecular formula is C14H12N2. The molecule has 78 valence electrons. The summed E-state index contributed by atoms with van der Waals surface area (Å²) in [4.78, 5) is 0. The van der Waals surface area contributed by atoms with E-state index in [9.17, 15) is 0 Å². The summed E-state index contributed by atoms with van der Waals surface area (Å²) in [5.74, 6) is 0. The van der Waals surface area contributed by atoms with E-state index in [4.69, 9.17) is 5.26 Å². The second-order valence-electron chi connectivity index (χ2n) is 3.60. The van der Waals surface area contributed by atoms with Gasteiger partial charge >= 0.3 is 0 Å². The lowest BCUT2D eigenvalue weighted by Gasteiger charge is -2.10. The van der Waals surface area contributed by atoms with Crippen molar-refractivity contribution in [3.05, 3.63) is 59.7 Å². The van der Waals surface area contributed by atoms with E-state index in [0.717, 1.165) is 16.9 Å². The Labute approximate surface area is 95.2 Å². The number of benzene rings is 2. The van der Waals surface area contributed by atoms with Crippen LogP contribution in [0.2, 0.25) is 0 Å². The van der Waals surface area contributed by atoms with Gasteiger partial charge in [0.15, 0.2) is 0 Å². The Bertz CT molecular complexity index is 538. The van der Waals surface area contributed by atoms with Gasteiger partial charge in [0.25, 0.3) is 0 Å². The average molecular weight is 208 g/mol. The van der Waals surface area contributed by atoms with Gasteiger partial charge in [-0.2, -0.15) is 5.26 Å². The van der Waals surface area contributed by atoms with E-state index < -0.39 is 0 Å². The third-order valence-electron chi connectivity index (χ3n) is 2.46. The predicted molar refractivity (Wildman–Crippen MR) is 65.6 cm³/mol. The van der Waals surface area contributed by atoms with Gasteiger partial charge in [-0.25, -0.2) is 0 Å². The first kappa shape index (κ1) is 10.3. The molecule has 0 saturated carbocycles. The monoisotopic (exact) mass is 208 g/mol. The Hall–Kier alpha value is -2.27. The number of nitrogens with one attached hydrogen (secondary N) is 1. The number of aryl methyl sites for hydroxylation is 1. The first-order chi connectivity index (χ1) is 7.81. The maximum Gasteiger partial charge on any atom is 0.101 e. The highest BCUT2D eigenvalue weighted by atomic mass is 14.9. The number of nitrogens with zero attached hydrogens (tertiary/aromatic N) is 1. The summed E-state index contributed by atoms with van der Waals surface area (Å²) in [6.07, 6.45) is 0. The SMILES string of the molecule is Cc1ccccc1Nc1ccccc1C#N. The Morgan fingerprint density at radius 3 is 2.25 bits per heavy atom. The Morgan fingerprint density at radius 2 is 1.56 bits per heavy atom. The van der Waals surface area contributed by atoms with Crippen LogP contribution < -0.4 is 5.32 Å². The van der Waals surface area contributed by atoms with Gasteiger partial charge in [-0.1, -0.05) is 30.3 Å². The minimum absolute atomic E-state index is 0.658. The van der Waals surface area contributed by atoms with Crippen molar-refractivity contribution < 1.29 is 0 Å². The van der Waals surface area contributed by atoms with Crippen LogP contribution in [0.5, 0.6) is 0 Å². The number of rotatable bonds is 2. The maximum absolute atomic E-state index is 8.98. The van der Waals surface area contributed by atoms with E-state index in [1.54, 1.807) is 6.07 Å². The third-order valence-corrected chi connectivity index (χ3v) is 2.46. The summed E-state index contributed by atoms with van der Waals surface area (Å²) in [7, 11) is 0. The molecule has 2 aromatic rings. The number of nitriles is 1. The van der Waals surface area contributed by atoms with Crippen LogP contribution in [0.4, 0.5) is 11.4 Å². The number of hydrogen-bond donors (Lipinski definition) is 1. The second-order valence-corrected chi connectivity index (χ2v) is 3.60. The van der Waals surface area contributed by atoms with Crippen molar-refractivity contribution in [3.8, 4) is 6.07 Å². The molecule has 0 heterocycles. The number of para-hydroxylation sites is 2. The zero-order valence-electron chi connectivity index (χ0n) is 9.07. The quantitative estimate of drug-likeness (QED) is 0.818. The highest BCUT2D eigenvalue weighted by Crippen LogP contribution is 2.22. The normalized spacial score (nSPS) is 9.50. The Kier molecular flexibility index (Phi) is 2.88. The van der Waals surface area contributed by atoms with Crippen LogP contribution in [-0.2, 0) is 0 Å². The van der Waals surface area contributed by atoms with Crippen molar-refractivity contribution in [2.24, 2.45) is 0 Å². The molecule has 2 heteroatoms. The van der Waals surface area contributed by atoms with Crippen LogP contribution in [0.15, 0.2) is 48.5 Å². The molecule has 0 amide bonds. The minimum Gasteiger partial charge on any atom is -0.354 e. The van der Waals surface area contributed by atoms with Crippen molar-refractivity contribution in [1.82, 2.24) is 0 Å². The zero-order valence-corrected chi connectivity index (χ0v) is 9.07. The van der Waals surface area contributed by atoms with Crippen LogP contribution in [0.1, 0.15) is 11.1 Å². The average Bonchev–Trinajstić information content (AvgIpc) is 2.33. The molecule has 2 aromatic carbocycles. The summed E-state index contributed by atoms with van der Waals surface area (Å²) in [6, 6.07) is 17.7. The molecule has 0 spiro atoms. The molecule has 0 saturated heterocycles. The van der Waals surface area contributed by atoms with Crippen LogP contribution >= 0.6 is 0 Å². The first-order valence-corrected chi connectivity index (χ1v) is 5.13. The summed E-state index contributed by atoms with van der Waals surface area (Å²) in [6.45, 7) is 2.04. The number of anilines is 2. The molecule has 0 unspecified atom stereocenters. The van der Waals surface area contributed by atoms with Gasteiger partial charge in [0.1, 0.15) is 6.07 Å². The lowest BCUT2D eigenvalue weighted by Crippen LogP contribution is -1.94. The van der Waals surface area contributed by atoms with Crippen molar-refractivity contribution in [2.45, 2.75) is 6.92 Å². The predicted octanol–water partition coefficient (Wildman–Crippen LogP) is 3.61. The van der Waals surface area contributed by atoms with Gasteiger partial charge in [-0.05, 0) is 30.7 Å². The van der Waals surface area contributed by atoms with E-state index in [1.807, 2.05) is 49.4 Å². The van der Waals surface area contributed by atoms with Gasteiger partial charge < -0.3 is 5.32 Å². The van der Waals surface area contributed by atoms with E-state index in [1.165, 1.54) is 0 Å². The van der Waals surface area contributed by atoms with E-state index in [2.05, 4.69) is 11.4 Å². The topological polar surface area (TPSA) is 35.8 Å². The number of hydrogen-bond acceptors (Lipinski definition) is 2. The Balaban J connectivity index is 2.35. The molecule has 2 rings (SSSR count). The molecule has 2 nitrogen and oxygen atoms in total. The van der Waals surface area contributed by atoms with Gasteiger partial charge in [0.2, 0.25) is 0 Å². The molecule has 1 N–H and O–H groups in total. The van der Waals surface area contributed by atoms with Gasteiger partial charge in [-0.15, -0.1) is 0 Å². The Morgan fingerprint density at radius 1 is 0.938 bits per heavy atom. The van der Waals surface area contributed by atoms with E-state index in [-0.39, 0.29) is 0 Å². The molecule has 0 aliphatic rings. The maximum atomic E-state index is 8.98. The zero-order chi connectivity index (χ0) is 11.4. The van der Waals surface area contributed by atoms with Crippen molar-refractivity contribution in [2.75, 3.05) is 5.32 Å². The largest absolute Gasteiger partial charge is 0.354 e. The lowest BCUT2D eigenvalue weighted by atomic mass is 10.1.